The molecule has 0 bridgehead atoms. The molecule has 0 aliphatic rings. The Kier molecular flexibility index (Phi) is 6.17. The summed E-state index contributed by atoms with van der Waals surface area (Å²) < 4.78 is 10.6. The summed E-state index contributed by atoms with van der Waals surface area (Å²) in [5, 5.41) is 3.12. The molecule has 0 saturated heterocycles. The number of aromatic amines is 1. The van der Waals surface area contributed by atoms with Gasteiger partial charge >= 0.3 is 0 Å². The monoisotopic (exact) mass is 317 g/mol. The van der Waals surface area contributed by atoms with Crippen LogP contribution in [0.1, 0.15) is 20.3 Å². The Labute approximate surface area is 135 Å². The molecule has 0 spiro atoms. The summed E-state index contributed by atoms with van der Waals surface area (Å²) in [7, 11) is 1.62. The zero-order chi connectivity index (χ0) is 16.7. The molecule has 0 aliphatic carbocycles. The highest BCUT2D eigenvalue weighted by atomic mass is 16.5. The topological polar surface area (TPSA) is 76.2 Å². The van der Waals surface area contributed by atoms with Crippen LogP contribution in [-0.4, -0.2) is 36.3 Å². The van der Waals surface area contributed by atoms with Gasteiger partial charge in [0.2, 0.25) is 5.95 Å². The molecule has 0 atom stereocenters. The second-order valence-corrected chi connectivity index (χ2v) is 5.41. The summed E-state index contributed by atoms with van der Waals surface area (Å²) in [6, 6.07) is 8.92. The van der Waals surface area contributed by atoms with Gasteiger partial charge in [0.15, 0.2) is 0 Å². The van der Waals surface area contributed by atoms with Crippen molar-refractivity contribution in [2.24, 2.45) is 0 Å². The van der Waals surface area contributed by atoms with Gasteiger partial charge in [-0.2, -0.15) is 0 Å². The van der Waals surface area contributed by atoms with E-state index < -0.39 is 0 Å². The summed E-state index contributed by atoms with van der Waals surface area (Å²) in [5.41, 5.74) is 1.30. The van der Waals surface area contributed by atoms with Crippen molar-refractivity contribution in [1.82, 2.24) is 9.97 Å². The van der Waals surface area contributed by atoms with Gasteiger partial charge in [0.05, 0.1) is 18.9 Å². The van der Waals surface area contributed by atoms with Crippen LogP contribution in [0.3, 0.4) is 0 Å². The van der Waals surface area contributed by atoms with E-state index in [9.17, 15) is 4.79 Å². The number of ether oxygens (including phenoxy) is 2. The van der Waals surface area contributed by atoms with Crippen LogP contribution >= 0.6 is 0 Å². The van der Waals surface area contributed by atoms with Crippen molar-refractivity contribution in [3.63, 3.8) is 0 Å². The van der Waals surface area contributed by atoms with E-state index in [0.29, 0.717) is 24.8 Å². The predicted molar refractivity (Wildman–Crippen MR) is 91.0 cm³/mol. The van der Waals surface area contributed by atoms with E-state index in [4.69, 9.17) is 9.47 Å². The van der Waals surface area contributed by atoms with Crippen molar-refractivity contribution in [3.8, 4) is 17.0 Å². The molecule has 23 heavy (non-hydrogen) atoms. The van der Waals surface area contributed by atoms with E-state index in [2.05, 4.69) is 15.3 Å². The highest BCUT2D eigenvalue weighted by molar-refractivity contribution is 5.60. The fourth-order valence-corrected chi connectivity index (χ4v) is 2.05. The third-order valence-electron chi connectivity index (χ3n) is 3.19. The molecule has 1 aromatic carbocycles. The number of benzene rings is 1. The maximum absolute atomic E-state index is 11.8. The van der Waals surface area contributed by atoms with E-state index in [1.165, 1.54) is 6.07 Å². The number of nitrogens with one attached hydrogen (secondary N) is 2. The van der Waals surface area contributed by atoms with E-state index >= 15 is 0 Å². The van der Waals surface area contributed by atoms with E-state index in [1.807, 2.05) is 38.1 Å². The third kappa shape index (κ3) is 5.41. The normalized spacial score (nSPS) is 10.8. The lowest BCUT2D eigenvalue weighted by atomic mass is 10.1. The molecular weight excluding hydrogens is 294 g/mol. The number of nitrogens with zero attached hydrogens (tertiary/aromatic N) is 1. The number of hydrogen-bond donors (Lipinski definition) is 2. The maximum atomic E-state index is 11.8. The average molecular weight is 317 g/mol. The fraction of sp³-hybridized carbons (Fsp3) is 0.412. The van der Waals surface area contributed by atoms with Gasteiger partial charge in [0, 0.05) is 24.8 Å². The van der Waals surface area contributed by atoms with Crippen LogP contribution in [0.2, 0.25) is 0 Å². The van der Waals surface area contributed by atoms with Gasteiger partial charge < -0.3 is 14.8 Å². The molecule has 6 heteroatoms. The zero-order valence-electron chi connectivity index (χ0n) is 13.8. The smallest absolute Gasteiger partial charge is 0.252 e. The number of hydrogen-bond acceptors (Lipinski definition) is 5. The molecule has 124 valence electrons. The summed E-state index contributed by atoms with van der Waals surface area (Å²) in [6.45, 7) is 5.37. The second kappa shape index (κ2) is 8.33. The lowest BCUT2D eigenvalue weighted by molar-refractivity contribution is 0.0787. The summed E-state index contributed by atoms with van der Waals surface area (Å²) in [6.07, 6.45) is 1.07. The standard InChI is InChI=1S/C17H23N3O3/c1-12(2)23-10-4-9-18-17-19-15(11-16(21)20-17)13-5-7-14(22-3)8-6-13/h5-8,11-12H,4,9-10H2,1-3H3,(H2,18,19,20,21). The number of rotatable bonds is 8. The van der Waals surface area contributed by atoms with Gasteiger partial charge in [-0.15, -0.1) is 0 Å². The van der Waals surface area contributed by atoms with Crippen LogP contribution < -0.4 is 15.6 Å². The van der Waals surface area contributed by atoms with Crippen LogP contribution in [0.15, 0.2) is 35.1 Å². The van der Waals surface area contributed by atoms with Crippen LogP contribution in [0.25, 0.3) is 11.3 Å². The summed E-state index contributed by atoms with van der Waals surface area (Å²) >= 11 is 0. The summed E-state index contributed by atoms with van der Waals surface area (Å²) in [4.78, 5) is 18.9. The van der Waals surface area contributed by atoms with Crippen LogP contribution in [0, 0.1) is 0 Å². The van der Waals surface area contributed by atoms with E-state index in [0.717, 1.165) is 17.7 Å². The zero-order valence-corrected chi connectivity index (χ0v) is 13.8. The molecule has 1 heterocycles. The fourth-order valence-electron chi connectivity index (χ4n) is 2.05. The Hall–Kier alpha value is -2.34. The van der Waals surface area contributed by atoms with Crippen molar-refractivity contribution in [2.75, 3.05) is 25.6 Å². The van der Waals surface area contributed by atoms with E-state index in [-0.39, 0.29) is 11.7 Å². The van der Waals surface area contributed by atoms with Crippen molar-refractivity contribution < 1.29 is 9.47 Å². The lowest BCUT2D eigenvalue weighted by Gasteiger charge is -2.09. The largest absolute Gasteiger partial charge is 0.497 e. The Bertz CT molecular complexity index is 666. The first-order valence-corrected chi connectivity index (χ1v) is 7.70. The Morgan fingerprint density at radius 3 is 2.65 bits per heavy atom. The van der Waals surface area contributed by atoms with Gasteiger partial charge in [0.25, 0.3) is 5.56 Å². The molecule has 2 aromatic rings. The SMILES string of the molecule is COc1ccc(-c2cc(=O)[nH]c(NCCCOC(C)C)n2)cc1. The molecule has 2 rings (SSSR count). The molecule has 0 saturated carbocycles. The maximum Gasteiger partial charge on any atom is 0.252 e. The van der Waals surface area contributed by atoms with Gasteiger partial charge in [-0.3, -0.25) is 9.78 Å². The minimum absolute atomic E-state index is 0.188. The quantitative estimate of drug-likeness (QED) is 0.732. The number of aromatic nitrogens is 2. The first-order valence-electron chi connectivity index (χ1n) is 7.70. The van der Waals surface area contributed by atoms with Gasteiger partial charge in [-0.05, 0) is 44.5 Å². The number of anilines is 1. The van der Waals surface area contributed by atoms with Gasteiger partial charge in [-0.1, -0.05) is 0 Å². The van der Waals surface area contributed by atoms with Crippen LogP contribution in [-0.2, 0) is 4.74 Å². The highest BCUT2D eigenvalue weighted by Gasteiger charge is 2.04. The summed E-state index contributed by atoms with van der Waals surface area (Å²) in [5.74, 6) is 1.23. The molecule has 0 radical (unpaired) electrons. The lowest BCUT2D eigenvalue weighted by Crippen LogP contribution is -2.15. The highest BCUT2D eigenvalue weighted by Crippen LogP contribution is 2.20. The minimum atomic E-state index is -0.188. The number of methoxy groups -OCH3 is 1. The molecule has 6 nitrogen and oxygen atoms in total. The first kappa shape index (κ1) is 17.0. The molecule has 2 N–H and O–H groups in total. The van der Waals surface area contributed by atoms with Crippen molar-refractivity contribution in [3.05, 3.63) is 40.7 Å². The molecule has 1 aromatic heterocycles. The molecule has 0 unspecified atom stereocenters. The van der Waals surface area contributed by atoms with Gasteiger partial charge in [-0.25, -0.2) is 4.98 Å². The number of H-pyrrole nitrogens is 1. The average Bonchev–Trinajstić information content (AvgIpc) is 2.54. The predicted octanol–water partition coefficient (Wildman–Crippen LogP) is 2.67. The molecular formula is C17H23N3O3. The van der Waals surface area contributed by atoms with Crippen molar-refractivity contribution in [1.29, 1.82) is 0 Å². The Morgan fingerprint density at radius 2 is 2.00 bits per heavy atom. The third-order valence-corrected chi connectivity index (χ3v) is 3.19. The molecule has 0 fully saturated rings. The first-order chi connectivity index (χ1) is 11.1. The van der Waals surface area contributed by atoms with Crippen LogP contribution in [0.4, 0.5) is 5.95 Å². The molecule has 0 aliphatic heterocycles. The van der Waals surface area contributed by atoms with Crippen molar-refractivity contribution in [2.45, 2.75) is 26.4 Å². The van der Waals surface area contributed by atoms with Crippen molar-refractivity contribution >= 4 is 5.95 Å². The minimum Gasteiger partial charge on any atom is -0.497 e. The Balaban J connectivity index is 2.02. The van der Waals surface area contributed by atoms with E-state index in [1.54, 1.807) is 7.11 Å². The Morgan fingerprint density at radius 1 is 1.26 bits per heavy atom. The van der Waals surface area contributed by atoms with Crippen LogP contribution in [0.5, 0.6) is 5.75 Å². The molecule has 0 amide bonds. The van der Waals surface area contributed by atoms with Gasteiger partial charge in [0.1, 0.15) is 5.75 Å². The second-order valence-electron chi connectivity index (χ2n) is 5.41.